The van der Waals surface area contributed by atoms with Crippen LogP contribution < -0.4 is 10.6 Å². The van der Waals surface area contributed by atoms with Gasteiger partial charge >= 0.3 is 0 Å². The Morgan fingerprint density at radius 1 is 1.15 bits per heavy atom. The molecule has 1 amide bonds. The smallest absolute Gasteiger partial charge is 0.254 e. The Labute approximate surface area is 196 Å². The molecule has 4 rings (SSSR count). The minimum atomic E-state index is 0.0266. The van der Waals surface area contributed by atoms with Crippen LogP contribution in [0.25, 0.3) is 22.0 Å². The van der Waals surface area contributed by atoms with Gasteiger partial charge in [-0.05, 0) is 53.3 Å². The van der Waals surface area contributed by atoms with Gasteiger partial charge in [0, 0.05) is 37.6 Å². The summed E-state index contributed by atoms with van der Waals surface area (Å²) in [5.41, 5.74) is 11.9. The normalized spacial score (nSPS) is 14.5. The molecule has 1 aromatic heterocycles. The summed E-state index contributed by atoms with van der Waals surface area (Å²) in [5, 5.41) is 1.01. The van der Waals surface area contributed by atoms with Crippen LogP contribution in [-0.2, 0) is 4.74 Å². The molecule has 0 bridgehead atoms. The summed E-state index contributed by atoms with van der Waals surface area (Å²) in [4.78, 5) is 22.1. The van der Waals surface area contributed by atoms with Crippen molar-refractivity contribution < 1.29 is 9.53 Å². The Kier molecular flexibility index (Phi) is 6.30. The monoisotopic (exact) mass is 446 g/mol. The number of pyridine rings is 1. The van der Waals surface area contributed by atoms with Gasteiger partial charge in [0.15, 0.2) is 0 Å². The highest BCUT2D eigenvalue weighted by Gasteiger charge is 2.23. The van der Waals surface area contributed by atoms with Gasteiger partial charge in [-0.25, -0.2) is 4.98 Å². The SMILES string of the molecule is Cc1cccc(C(=O)N(C)CC(C)(C)C)c1-c1ccc2nc(N)c(N3CCOCC3)cc2c1. The molecule has 0 spiro atoms. The molecule has 1 aliphatic rings. The summed E-state index contributed by atoms with van der Waals surface area (Å²) in [6.45, 7) is 12.1. The van der Waals surface area contributed by atoms with Gasteiger partial charge in [-0.1, -0.05) is 39.0 Å². The predicted octanol–water partition coefficient (Wildman–Crippen LogP) is 4.75. The van der Waals surface area contributed by atoms with Crippen molar-refractivity contribution in [3.05, 3.63) is 53.6 Å². The molecule has 1 saturated heterocycles. The zero-order valence-corrected chi connectivity index (χ0v) is 20.3. The van der Waals surface area contributed by atoms with E-state index in [0.29, 0.717) is 25.6 Å². The second-order valence-corrected chi connectivity index (χ2v) is 10.1. The van der Waals surface area contributed by atoms with E-state index in [1.165, 1.54) is 0 Å². The summed E-state index contributed by atoms with van der Waals surface area (Å²) in [5.74, 6) is 0.570. The number of anilines is 2. The summed E-state index contributed by atoms with van der Waals surface area (Å²) in [6, 6.07) is 14.2. The van der Waals surface area contributed by atoms with Crippen LogP contribution in [0.2, 0.25) is 0 Å². The van der Waals surface area contributed by atoms with E-state index in [1.807, 2.05) is 36.2 Å². The highest BCUT2D eigenvalue weighted by Crippen LogP contribution is 2.33. The fourth-order valence-electron chi connectivity index (χ4n) is 4.61. The second kappa shape index (κ2) is 9.02. The highest BCUT2D eigenvalue weighted by atomic mass is 16.5. The van der Waals surface area contributed by atoms with Crippen LogP contribution in [-0.4, -0.2) is 55.7 Å². The first kappa shape index (κ1) is 23.1. The van der Waals surface area contributed by atoms with Crippen LogP contribution in [0.3, 0.4) is 0 Å². The molecule has 0 unspecified atom stereocenters. The first-order chi connectivity index (χ1) is 15.6. The predicted molar refractivity (Wildman–Crippen MR) is 136 cm³/mol. The van der Waals surface area contributed by atoms with E-state index in [2.05, 4.69) is 55.8 Å². The third-order valence-electron chi connectivity index (χ3n) is 6.02. The summed E-state index contributed by atoms with van der Waals surface area (Å²) in [6.07, 6.45) is 0. The Balaban J connectivity index is 1.77. The molecule has 174 valence electrons. The zero-order chi connectivity index (χ0) is 23.8. The summed E-state index contributed by atoms with van der Waals surface area (Å²) >= 11 is 0. The maximum absolute atomic E-state index is 13.4. The molecule has 0 radical (unpaired) electrons. The Morgan fingerprint density at radius 2 is 1.88 bits per heavy atom. The van der Waals surface area contributed by atoms with Crippen LogP contribution in [0, 0.1) is 12.3 Å². The van der Waals surface area contributed by atoms with Gasteiger partial charge < -0.3 is 20.3 Å². The van der Waals surface area contributed by atoms with Crippen LogP contribution in [0.5, 0.6) is 0 Å². The number of aromatic nitrogens is 1. The van der Waals surface area contributed by atoms with Crippen molar-refractivity contribution in [3.8, 4) is 11.1 Å². The van der Waals surface area contributed by atoms with Gasteiger partial charge in [0.25, 0.3) is 5.91 Å². The maximum Gasteiger partial charge on any atom is 0.254 e. The van der Waals surface area contributed by atoms with Crippen molar-refractivity contribution in [1.82, 2.24) is 9.88 Å². The number of benzene rings is 2. The molecular formula is C27H34N4O2. The van der Waals surface area contributed by atoms with E-state index >= 15 is 0 Å². The largest absolute Gasteiger partial charge is 0.382 e. The van der Waals surface area contributed by atoms with E-state index < -0.39 is 0 Å². The molecule has 3 aromatic rings. The number of amides is 1. The lowest BCUT2D eigenvalue weighted by atomic mass is 9.92. The van der Waals surface area contributed by atoms with Gasteiger partial charge in [-0.3, -0.25) is 4.79 Å². The van der Waals surface area contributed by atoms with E-state index in [9.17, 15) is 4.79 Å². The van der Waals surface area contributed by atoms with Gasteiger partial charge in [0.05, 0.1) is 24.4 Å². The Morgan fingerprint density at radius 3 is 2.58 bits per heavy atom. The van der Waals surface area contributed by atoms with Crippen molar-refractivity contribution in [2.75, 3.05) is 50.5 Å². The fourth-order valence-corrected chi connectivity index (χ4v) is 4.61. The van der Waals surface area contributed by atoms with Crippen molar-refractivity contribution >= 4 is 28.3 Å². The Hall–Kier alpha value is -3.12. The summed E-state index contributed by atoms with van der Waals surface area (Å²) in [7, 11) is 1.88. The number of hydrogen-bond acceptors (Lipinski definition) is 5. The van der Waals surface area contributed by atoms with Crippen molar-refractivity contribution in [3.63, 3.8) is 0 Å². The van der Waals surface area contributed by atoms with Crippen LogP contribution in [0.4, 0.5) is 11.5 Å². The van der Waals surface area contributed by atoms with E-state index in [4.69, 9.17) is 10.5 Å². The topological polar surface area (TPSA) is 71.7 Å². The lowest BCUT2D eigenvalue weighted by Crippen LogP contribution is -2.36. The van der Waals surface area contributed by atoms with Gasteiger partial charge in [-0.2, -0.15) is 0 Å². The zero-order valence-electron chi connectivity index (χ0n) is 20.3. The van der Waals surface area contributed by atoms with Crippen LogP contribution >= 0.6 is 0 Å². The number of nitrogens with zero attached hydrogens (tertiary/aromatic N) is 3. The first-order valence-corrected chi connectivity index (χ1v) is 11.5. The number of morpholine rings is 1. The van der Waals surface area contributed by atoms with Crippen LogP contribution in [0.15, 0.2) is 42.5 Å². The molecule has 33 heavy (non-hydrogen) atoms. The lowest BCUT2D eigenvalue weighted by molar-refractivity contribution is 0.0746. The molecule has 2 N–H and O–H groups in total. The average Bonchev–Trinajstić information content (AvgIpc) is 2.77. The molecule has 6 heteroatoms. The number of rotatable bonds is 4. The molecule has 1 fully saturated rings. The quantitative estimate of drug-likeness (QED) is 0.626. The fraction of sp³-hybridized carbons (Fsp3) is 0.407. The standard InChI is InChI=1S/C27H34N4O2/c1-18-7-6-8-21(26(32)30(5)17-27(2,3)4)24(18)19-9-10-22-20(15-19)16-23(25(28)29-22)31-11-13-33-14-12-31/h6-10,15-16H,11-14,17H2,1-5H3,(H2,28,29). The number of carbonyl (C=O) groups is 1. The minimum absolute atomic E-state index is 0.0266. The molecule has 2 heterocycles. The van der Waals surface area contributed by atoms with Crippen molar-refractivity contribution in [2.45, 2.75) is 27.7 Å². The second-order valence-electron chi connectivity index (χ2n) is 10.1. The van der Waals surface area contributed by atoms with Crippen LogP contribution in [0.1, 0.15) is 36.7 Å². The van der Waals surface area contributed by atoms with Gasteiger partial charge in [0.1, 0.15) is 5.82 Å². The van der Waals surface area contributed by atoms with Gasteiger partial charge in [0.2, 0.25) is 0 Å². The number of hydrogen-bond donors (Lipinski definition) is 1. The average molecular weight is 447 g/mol. The van der Waals surface area contributed by atoms with E-state index in [0.717, 1.165) is 51.9 Å². The number of carbonyl (C=O) groups excluding carboxylic acids is 1. The molecule has 0 saturated carbocycles. The lowest BCUT2D eigenvalue weighted by Gasteiger charge is -2.29. The van der Waals surface area contributed by atoms with E-state index in [-0.39, 0.29) is 11.3 Å². The molecule has 1 aliphatic heterocycles. The van der Waals surface area contributed by atoms with E-state index in [1.54, 1.807) is 0 Å². The summed E-state index contributed by atoms with van der Waals surface area (Å²) < 4.78 is 5.48. The Bertz CT molecular complexity index is 1180. The number of nitrogens with two attached hydrogens (primary N) is 1. The number of aryl methyl sites for hydroxylation is 1. The third-order valence-corrected chi connectivity index (χ3v) is 6.02. The number of ether oxygens (including phenoxy) is 1. The highest BCUT2D eigenvalue weighted by molar-refractivity contribution is 6.02. The number of fused-ring (bicyclic) bond motifs is 1. The minimum Gasteiger partial charge on any atom is -0.382 e. The van der Waals surface area contributed by atoms with Crippen molar-refractivity contribution in [2.24, 2.45) is 5.41 Å². The van der Waals surface area contributed by atoms with Crippen molar-refractivity contribution in [1.29, 1.82) is 0 Å². The van der Waals surface area contributed by atoms with Gasteiger partial charge in [-0.15, -0.1) is 0 Å². The molecule has 0 aliphatic carbocycles. The number of nitrogen functional groups attached to an aromatic ring is 1. The third kappa shape index (κ3) is 4.96. The maximum atomic E-state index is 13.4. The first-order valence-electron chi connectivity index (χ1n) is 11.5. The molecular weight excluding hydrogens is 412 g/mol. The molecule has 6 nitrogen and oxygen atoms in total. The molecule has 2 aromatic carbocycles. The molecule has 0 atom stereocenters.